The maximum Gasteiger partial charge on any atom is 0.140 e. The molecule has 2 aromatic rings. The van der Waals surface area contributed by atoms with Crippen LogP contribution in [0, 0.1) is 13.8 Å². The molecule has 0 saturated heterocycles. The molecule has 1 N–H and O–H groups in total. The summed E-state index contributed by atoms with van der Waals surface area (Å²) in [6.07, 6.45) is 0.302. The highest BCUT2D eigenvalue weighted by Gasteiger charge is 2.10. The van der Waals surface area contributed by atoms with Crippen molar-refractivity contribution in [2.75, 3.05) is 0 Å². The third-order valence-corrected chi connectivity index (χ3v) is 3.22. The van der Waals surface area contributed by atoms with Crippen LogP contribution < -0.4 is 4.74 Å². The van der Waals surface area contributed by atoms with E-state index in [1.54, 1.807) is 0 Å². The highest BCUT2D eigenvalue weighted by Crippen LogP contribution is 2.21. The van der Waals surface area contributed by atoms with Gasteiger partial charge in [0.2, 0.25) is 0 Å². The molecule has 1 aromatic heterocycles. The first kappa shape index (κ1) is 13.6. The second-order valence-electron chi connectivity index (χ2n) is 4.58. The minimum atomic E-state index is -0.406. The fraction of sp³-hybridized carbons (Fsp3) is 0.400. The zero-order valence-corrected chi connectivity index (χ0v) is 11.5. The summed E-state index contributed by atoms with van der Waals surface area (Å²) in [7, 11) is 0. The van der Waals surface area contributed by atoms with Gasteiger partial charge in [0.1, 0.15) is 18.1 Å². The van der Waals surface area contributed by atoms with Crippen molar-refractivity contribution >= 4 is 0 Å². The number of nitrogens with zero attached hydrogens (tertiary/aromatic N) is 1. The molecule has 0 aliphatic rings. The minimum absolute atomic E-state index is 0.406. The predicted molar refractivity (Wildman–Crippen MR) is 72.0 cm³/mol. The van der Waals surface area contributed by atoms with Gasteiger partial charge < -0.3 is 14.4 Å². The predicted octanol–water partition coefficient (Wildman–Crippen LogP) is 3.31. The topological polar surface area (TPSA) is 55.5 Å². The molecular weight excluding hydrogens is 242 g/mol. The molecule has 0 spiro atoms. The lowest BCUT2D eigenvalue weighted by atomic mass is 10.1. The van der Waals surface area contributed by atoms with Crippen LogP contribution in [0.4, 0.5) is 0 Å². The van der Waals surface area contributed by atoms with Gasteiger partial charge in [-0.05, 0) is 38.0 Å². The number of hydrogen-bond donors (Lipinski definition) is 1. The van der Waals surface area contributed by atoms with E-state index in [1.165, 1.54) is 0 Å². The first-order chi connectivity index (χ1) is 9.11. The molecule has 0 radical (unpaired) electrons. The monoisotopic (exact) mass is 261 g/mol. The number of aliphatic hydroxyl groups is 1. The first-order valence-corrected chi connectivity index (χ1v) is 6.44. The Morgan fingerprint density at radius 2 is 1.95 bits per heavy atom. The quantitative estimate of drug-likeness (QED) is 0.897. The Labute approximate surface area is 113 Å². The average molecular weight is 261 g/mol. The molecule has 1 atom stereocenters. The van der Waals surface area contributed by atoms with Crippen LogP contribution in [0.1, 0.15) is 42.0 Å². The van der Waals surface area contributed by atoms with Gasteiger partial charge in [-0.25, -0.2) is 0 Å². The number of rotatable bonds is 5. The molecule has 4 heteroatoms. The molecule has 19 heavy (non-hydrogen) atoms. The van der Waals surface area contributed by atoms with E-state index in [-0.39, 0.29) is 0 Å². The lowest BCUT2D eigenvalue weighted by Gasteiger charge is -2.10. The zero-order chi connectivity index (χ0) is 13.8. The van der Waals surface area contributed by atoms with Gasteiger partial charge in [0, 0.05) is 0 Å². The van der Waals surface area contributed by atoms with Crippen molar-refractivity contribution in [1.82, 2.24) is 5.16 Å². The largest absolute Gasteiger partial charge is 0.489 e. The van der Waals surface area contributed by atoms with Crippen molar-refractivity contribution in [3.8, 4) is 5.75 Å². The molecule has 2 rings (SSSR count). The van der Waals surface area contributed by atoms with Crippen molar-refractivity contribution in [2.24, 2.45) is 0 Å². The van der Waals surface area contributed by atoms with Crippen LogP contribution in [0.3, 0.4) is 0 Å². The Morgan fingerprint density at radius 1 is 1.26 bits per heavy atom. The summed E-state index contributed by atoms with van der Waals surface area (Å²) < 4.78 is 10.8. The van der Waals surface area contributed by atoms with Crippen molar-refractivity contribution in [1.29, 1.82) is 0 Å². The van der Waals surface area contributed by atoms with Crippen LogP contribution in [0.15, 0.2) is 28.8 Å². The van der Waals surface area contributed by atoms with Gasteiger partial charge in [-0.1, -0.05) is 24.2 Å². The van der Waals surface area contributed by atoms with Crippen molar-refractivity contribution < 1.29 is 14.4 Å². The first-order valence-electron chi connectivity index (χ1n) is 6.44. The third kappa shape index (κ3) is 3.15. The van der Waals surface area contributed by atoms with Crippen LogP contribution in [0.5, 0.6) is 5.75 Å². The summed E-state index contributed by atoms with van der Waals surface area (Å²) >= 11 is 0. The number of aromatic nitrogens is 1. The Morgan fingerprint density at radius 3 is 2.47 bits per heavy atom. The van der Waals surface area contributed by atoms with Gasteiger partial charge in [-0.2, -0.15) is 0 Å². The Hall–Kier alpha value is -1.81. The van der Waals surface area contributed by atoms with E-state index >= 15 is 0 Å². The van der Waals surface area contributed by atoms with E-state index in [2.05, 4.69) is 5.16 Å². The molecule has 4 nitrogen and oxygen atoms in total. The highest BCUT2D eigenvalue weighted by molar-refractivity contribution is 5.29. The molecule has 0 aliphatic carbocycles. The van der Waals surface area contributed by atoms with E-state index in [4.69, 9.17) is 9.26 Å². The van der Waals surface area contributed by atoms with E-state index in [9.17, 15) is 5.11 Å². The average Bonchev–Trinajstić information content (AvgIpc) is 2.75. The molecule has 102 valence electrons. The fourth-order valence-electron chi connectivity index (χ4n) is 1.89. The van der Waals surface area contributed by atoms with Crippen LogP contribution in [0.25, 0.3) is 0 Å². The summed E-state index contributed by atoms with van der Waals surface area (Å²) in [6.45, 7) is 6.17. The van der Waals surface area contributed by atoms with Gasteiger partial charge in [0.05, 0.1) is 17.4 Å². The van der Waals surface area contributed by atoms with Gasteiger partial charge >= 0.3 is 0 Å². The lowest BCUT2D eigenvalue weighted by molar-refractivity contribution is 0.173. The van der Waals surface area contributed by atoms with Gasteiger partial charge in [-0.3, -0.25) is 0 Å². The summed E-state index contributed by atoms with van der Waals surface area (Å²) in [5, 5.41) is 13.6. The van der Waals surface area contributed by atoms with E-state index in [1.807, 2.05) is 45.0 Å². The maximum absolute atomic E-state index is 9.71. The minimum Gasteiger partial charge on any atom is -0.489 e. The van der Waals surface area contributed by atoms with E-state index in [0.29, 0.717) is 13.0 Å². The van der Waals surface area contributed by atoms with Crippen LogP contribution in [-0.2, 0) is 6.61 Å². The molecular formula is C15H19NO3. The number of aryl methyl sites for hydroxylation is 2. The second-order valence-corrected chi connectivity index (χ2v) is 4.58. The van der Waals surface area contributed by atoms with Crippen molar-refractivity contribution in [2.45, 2.75) is 39.9 Å². The van der Waals surface area contributed by atoms with Gasteiger partial charge in [-0.15, -0.1) is 0 Å². The van der Waals surface area contributed by atoms with Crippen molar-refractivity contribution in [3.63, 3.8) is 0 Å². The van der Waals surface area contributed by atoms with Crippen molar-refractivity contribution in [3.05, 3.63) is 46.8 Å². The van der Waals surface area contributed by atoms with Gasteiger partial charge in [0.15, 0.2) is 0 Å². The lowest BCUT2D eigenvalue weighted by Crippen LogP contribution is -1.99. The number of ether oxygens (including phenoxy) is 1. The molecule has 1 unspecified atom stereocenters. The summed E-state index contributed by atoms with van der Waals surface area (Å²) in [4.78, 5) is 0. The molecule has 0 amide bonds. The number of aliphatic hydroxyl groups excluding tert-OH is 1. The smallest absolute Gasteiger partial charge is 0.140 e. The summed E-state index contributed by atoms with van der Waals surface area (Å²) in [6, 6.07) is 7.51. The summed E-state index contributed by atoms with van der Waals surface area (Å²) in [5.41, 5.74) is 2.75. The molecule has 0 bridgehead atoms. The Balaban J connectivity index is 2.01. The van der Waals surface area contributed by atoms with E-state index in [0.717, 1.165) is 28.3 Å². The normalized spacial score (nSPS) is 12.4. The van der Waals surface area contributed by atoms with Crippen LogP contribution in [0.2, 0.25) is 0 Å². The third-order valence-electron chi connectivity index (χ3n) is 3.22. The molecule has 0 aliphatic heterocycles. The number of hydrogen-bond acceptors (Lipinski definition) is 4. The molecule has 0 saturated carbocycles. The fourth-order valence-corrected chi connectivity index (χ4v) is 1.89. The molecule has 0 fully saturated rings. The SMILES string of the molecule is CCC(O)c1ccc(OCc2c(C)noc2C)cc1. The number of benzene rings is 1. The second kappa shape index (κ2) is 5.89. The van der Waals surface area contributed by atoms with E-state index < -0.39 is 6.10 Å². The zero-order valence-electron chi connectivity index (χ0n) is 11.5. The van der Waals surface area contributed by atoms with Crippen LogP contribution in [-0.4, -0.2) is 10.3 Å². The summed E-state index contributed by atoms with van der Waals surface area (Å²) in [5.74, 6) is 1.56. The molecule has 1 aromatic carbocycles. The van der Waals surface area contributed by atoms with Gasteiger partial charge in [0.25, 0.3) is 0 Å². The van der Waals surface area contributed by atoms with Crippen LogP contribution >= 0.6 is 0 Å². The maximum atomic E-state index is 9.71. The standard InChI is InChI=1S/C15H19NO3/c1-4-15(17)12-5-7-13(8-6-12)18-9-14-10(2)16-19-11(14)3/h5-8,15,17H,4,9H2,1-3H3. The Kier molecular flexibility index (Phi) is 4.22. The Bertz CT molecular complexity index is 511. The highest BCUT2D eigenvalue weighted by atomic mass is 16.5. The molecule has 1 heterocycles.